The van der Waals surface area contributed by atoms with Crippen LogP contribution in [-0.2, 0) is 10.0 Å². The number of likely N-dealkylation sites (tertiary alicyclic amines) is 1. The molecule has 1 aromatic rings. The van der Waals surface area contributed by atoms with E-state index in [1.807, 2.05) is 0 Å². The number of aryl methyl sites for hydroxylation is 1. The first kappa shape index (κ1) is 19.6. The highest BCUT2D eigenvalue weighted by atomic mass is 32.2. The van der Waals surface area contributed by atoms with Crippen LogP contribution in [0, 0.1) is 24.0 Å². The van der Waals surface area contributed by atoms with E-state index in [2.05, 4.69) is 0 Å². The highest BCUT2D eigenvalue weighted by Gasteiger charge is 2.34. The highest BCUT2D eigenvalue weighted by molar-refractivity contribution is 7.89. The summed E-state index contributed by atoms with van der Waals surface area (Å²) in [5.41, 5.74) is 0.835. The maximum absolute atomic E-state index is 13.1. The lowest BCUT2D eigenvalue weighted by atomic mass is 10.1. The summed E-state index contributed by atoms with van der Waals surface area (Å²) in [6.07, 6.45) is 2.01. The molecule has 1 aromatic carbocycles. The number of carbonyl (C=O) groups is 1. The molecule has 27 heavy (non-hydrogen) atoms. The Kier molecular flexibility index (Phi) is 5.38. The number of urea groups is 1. The Morgan fingerprint density at radius 2 is 1.56 bits per heavy atom. The molecule has 0 aromatic heterocycles. The Morgan fingerprint density at radius 1 is 1.00 bits per heavy atom. The number of non-ortho nitro benzene ring substituents is 1. The number of benzene rings is 1. The van der Waals surface area contributed by atoms with E-state index in [1.54, 1.807) is 23.6 Å². The number of amides is 2. The molecule has 0 spiro atoms. The van der Waals surface area contributed by atoms with E-state index < -0.39 is 14.9 Å². The fraction of sp³-hybridized carbons (Fsp3) is 0.588. The van der Waals surface area contributed by atoms with E-state index in [0.717, 1.165) is 32.0 Å². The van der Waals surface area contributed by atoms with Gasteiger partial charge >= 0.3 is 6.03 Å². The minimum atomic E-state index is -3.86. The average Bonchev–Trinajstić information content (AvgIpc) is 3.17. The number of nitrogens with zero attached hydrogens (tertiary/aromatic N) is 4. The van der Waals surface area contributed by atoms with Crippen molar-refractivity contribution >= 4 is 21.7 Å². The van der Waals surface area contributed by atoms with Crippen molar-refractivity contribution in [2.24, 2.45) is 0 Å². The van der Waals surface area contributed by atoms with Crippen molar-refractivity contribution in [1.29, 1.82) is 0 Å². The smallest absolute Gasteiger partial charge is 0.320 e. The van der Waals surface area contributed by atoms with Gasteiger partial charge in [0.05, 0.1) is 9.82 Å². The van der Waals surface area contributed by atoms with Crippen LogP contribution >= 0.6 is 0 Å². The van der Waals surface area contributed by atoms with E-state index in [-0.39, 0.29) is 29.7 Å². The van der Waals surface area contributed by atoms with Gasteiger partial charge < -0.3 is 9.80 Å². The van der Waals surface area contributed by atoms with Crippen LogP contribution in [0.2, 0.25) is 0 Å². The Balaban J connectivity index is 1.77. The lowest BCUT2D eigenvalue weighted by Gasteiger charge is -2.36. The van der Waals surface area contributed by atoms with Gasteiger partial charge in [-0.2, -0.15) is 4.31 Å². The van der Waals surface area contributed by atoms with Gasteiger partial charge in [-0.3, -0.25) is 10.1 Å². The molecule has 0 N–H and O–H groups in total. The first-order valence-corrected chi connectivity index (χ1v) is 10.5. The van der Waals surface area contributed by atoms with Crippen molar-refractivity contribution in [1.82, 2.24) is 14.1 Å². The van der Waals surface area contributed by atoms with Crippen LogP contribution in [0.4, 0.5) is 10.5 Å². The number of rotatable bonds is 3. The fourth-order valence-corrected chi connectivity index (χ4v) is 5.29. The van der Waals surface area contributed by atoms with E-state index in [0.29, 0.717) is 24.2 Å². The van der Waals surface area contributed by atoms with Crippen LogP contribution in [0.5, 0.6) is 0 Å². The van der Waals surface area contributed by atoms with Gasteiger partial charge in [0.1, 0.15) is 0 Å². The molecule has 0 bridgehead atoms. The van der Waals surface area contributed by atoms with Gasteiger partial charge in [0.15, 0.2) is 0 Å². The average molecular weight is 396 g/mol. The summed E-state index contributed by atoms with van der Waals surface area (Å²) >= 11 is 0. The van der Waals surface area contributed by atoms with Gasteiger partial charge in [-0.05, 0) is 37.8 Å². The number of nitro benzene ring substituents is 1. The summed E-state index contributed by atoms with van der Waals surface area (Å²) in [5.74, 6) is 0. The predicted molar refractivity (Wildman–Crippen MR) is 99.1 cm³/mol. The molecule has 9 nitrogen and oxygen atoms in total. The molecule has 0 aliphatic carbocycles. The third-order valence-electron chi connectivity index (χ3n) is 5.32. The van der Waals surface area contributed by atoms with Crippen LogP contribution < -0.4 is 0 Å². The summed E-state index contributed by atoms with van der Waals surface area (Å²) in [5, 5.41) is 11.1. The number of hydrogen-bond donors (Lipinski definition) is 0. The van der Waals surface area contributed by atoms with Crippen molar-refractivity contribution in [2.45, 2.75) is 31.6 Å². The quantitative estimate of drug-likeness (QED) is 0.572. The van der Waals surface area contributed by atoms with Gasteiger partial charge in [0, 0.05) is 51.4 Å². The molecule has 148 valence electrons. The molecule has 0 radical (unpaired) electrons. The molecular weight excluding hydrogens is 372 g/mol. The van der Waals surface area contributed by atoms with Crippen LogP contribution in [-0.4, -0.2) is 72.7 Å². The minimum absolute atomic E-state index is 0.0338. The van der Waals surface area contributed by atoms with E-state index in [9.17, 15) is 23.3 Å². The summed E-state index contributed by atoms with van der Waals surface area (Å²) in [6.45, 7) is 5.83. The Labute approximate surface area is 158 Å². The molecule has 0 atom stereocenters. The summed E-state index contributed by atoms with van der Waals surface area (Å²) in [6, 6.07) is 2.47. The summed E-state index contributed by atoms with van der Waals surface area (Å²) in [4.78, 5) is 26.4. The topological polar surface area (TPSA) is 104 Å². The highest BCUT2D eigenvalue weighted by Crippen LogP contribution is 2.28. The van der Waals surface area contributed by atoms with Crippen molar-refractivity contribution < 1.29 is 18.1 Å². The molecule has 2 amide bonds. The first-order valence-electron chi connectivity index (χ1n) is 9.01. The standard InChI is InChI=1S/C17H24N4O5S/c1-13-11-15(21(23)24)12-16(14(13)2)27(25,26)20-9-7-19(8-10-20)17(22)18-5-3-4-6-18/h11-12H,3-10H2,1-2H3. The Morgan fingerprint density at radius 3 is 2.11 bits per heavy atom. The zero-order chi connectivity index (χ0) is 19.8. The number of hydrogen-bond acceptors (Lipinski definition) is 5. The second kappa shape index (κ2) is 7.43. The number of sulfonamides is 1. The molecular formula is C17H24N4O5S. The van der Waals surface area contributed by atoms with E-state index in [1.165, 1.54) is 10.4 Å². The molecule has 0 saturated carbocycles. The SMILES string of the molecule is Cc1cc([N+](=O)[O-])cc(S(=O)(=O)N2CCN(C(=O)N3CCCC3)CC2)c1C. The third-order valence-corrected chi connectivity index (χ3v) is 7.34. The van der Waals surface area contributed by atoms with Crippen LogP contribution in [0.1, 0.15) is 24.0 Å². The van der Waals surface area contributed by atoms with Crippen molar-refractivity contribution in [3.05, 3.63) is 33.4 Å². The Hall–Kier alpha value is -2.20. The largest absolute Gasteiger partial charge is 0.325 e. The molecule has 2 aliphatic heterocycles. The Bertz CT molecular complexity index is 856. The zero-order valence-corrected chi connectivity index (χ0v) is 16.4. The van der Waals surface area contributed by atoms with Crippen LogP contribution in [0.3, 0.4) is 0 Å². The monoisotopic (exact) mass is 396 g/mol. The molecule has 2 heterocycles. The fourth-order valence-electron chi connectivity index (χ4n) is 3.55. The molecule has 2 aliphatic rings. The summed E-state index contributed by atoms with van der Waals surface area (Å²) < 4.78 is 27.4. The van der Waals surface area contributed by atoms with Gasteiger partial charge in [-0.25, -0.2) is 13.2 Å². The maximum atomic E-state index is 13.1. The first-order chi connectivity index (χ1) is 12.7. The molecule has 0 unspecified atom stereocenters. The zero-order valence-electron chi connectivity index (χ0n) is 15.5. The minimum Gasteiger partial charge on any atom is -0.325 e. The molecule has 3 rings (SSSR count). The van der Waals surface area contributed by atoms with E-state index in [4.69, 9.17) is 0 Å². The van der Waals surface area contributed by atoms with Gasteiger partial charge in [0.25, 0.3) is 5.69 Å². The lowest BCUT2D eigenvalue weighted by Crippen LogP contribution is -2.53. The second-order valence-electron chi connectivity index (χ2n) is 7.01. The van der Waals surface area contributed by atoms with Gasteiger partial charge in [0.2, 0.25) is 10.0 Å². The van der Waals surface area contributed by atoms with Gasteiger partial charge in [-0.1, -0.05) is 0 Å². The predicted octanol–water partition coefficient (Wildman–Crippen LogP) is 1.73. The molecule has 2 saturated heterocycles. The third kappa shape index (κ3) is 3.77. The number of piperazine rings is 1. The normalized spacial score (nSPS) is 18.7. The lowest BCUT2D eigenvalue weighted by molar-refractivity contribution is -0.385. The van der Waals surface area contributed by atoms with Crippen molar-refractivity contribution in [2.75, 3.05) is 39.3 Å². The van der Waals surface area contributed by atoms with Crippen molar-refractivity contribution in [3.8, 4) is 0 Å². The van der Waals surface area contributed by atoms with Crippen molar-refractivity contribution in [3.63, 3.8) is 0 Å². The van der Waals surface area contributed by atoms with E-state index >= 15 is 0 Å². The second-order valence-corrected chi connectivity index (χ2v) is 8.92. The van der Waals surface area contributed by atoms with Crippen LogP contribution in [0.25, 0.3) is 0 Å². The van der Waals surface area contributed by atoms with Gasteiger partial charge in [-0.15, -0.1) is 0 Å². The maximum Gasteiger partial charge on any atom is 0.320 e. The summed E-state index contributed by atoms with van der Waals surface area (Å²) in [7, 11) is -3.86. The van der Waals surface area contributed by atoms with Crippen LogP contribution in [0.15, 0.2) is 17.0 Å². The molecule has 10 heteroatoms. The number of nitro groups is 1. The molecule has 2 fully saturated rings. The number of carbonyl (C=O) groups excluding carboxylic acids is 1.